The largest absolute Gasteiger partial charge is 0.355 e. The van der Waals surface area contributed by atoms with E-state index in [1.807, 2.05) is 30.3 Å². The zero-order valence-electron chi connectivity index (χ0n) is 9.27. The Morgan fingerprint density at radius 1 is 1.18 bits per heavy atom. The molecule has 86 valence electrons. The number of halogens is 1. The van der Waals surface area contributed by atoms with Gasteiger partial charge in [0.05, 0.1) is 11.3 Å². The van der Waals surface area contributed by atoms with Crippen LogP contribution in [0.1, 0.15) is 10.4 Å². The third kappa shape index (κ3) is 2.63. The van der Waals surface area contributed by atoms with Gasteiger partial charge in [0.25, 0.3) is 5.91 Å². The summed E-state index contributed by atoms with van der Waals surface area (Å²) in [5.41, 5.74) is 2.33. The Kier molecular flexibility index (Phi) is 3.40. The predicted octanol–water partition coefficient (Wildman–Crippen LogP) is 2.76. The Bertz CT molecular complexity index is 520. The van der Waals surface area contributed by atoms with Crippen LogP contribution in [-0.4, -0.2) is 17.9 Å². The molecule has 0 aliphatic heterocycles. The van der Waals surface area contributed by atoms with Crippen molar-refractivity contribution in [3.8, 4) is 11.3 Å². The maximum absolute atomic E-state index is 11.3. The van der Waals surface area contributed by atoms with Gasteiger partial charge in [-0.1, -0.05) is 23.7 Å². The molecule has 0 bridgehead atoms. The van der Waals surface area contributed by atoms with Crippen molar-refractivity contribution in [3.05, 3.63) is 53.2 Å². The van der Waals surface area contributed by atoms with Crippen molar-refractivity contribution >= 4 is 17.5 Å². The number of amides is 1. The van der Waals surface area contributed by atoms with E-state index in [1.165, 1.54) is 0 Å². The highest BCUT2D eigenvalue weighted by Gasteiger charge is 2.04. The maximum Gasteiger partial charge on any atom is 0.252 e. The summed E-state index contributed by atoms with van der Waals surface area (Å²) in [6, 6.07) is 11.0. The lowest BCUT2D eigenvalue weighted by atomic mass is 10.1. The number of rotatable bonds is 2. The molecule has 0 atom stereocenters. The molecule has 1 heterocycles. The van der Waals surface area contributed by atoms with Crippen LogP contribution in [-0.2, 0) is 0 Å². The molecule has 3 nitrogen and oxygen atoms in total. The average Bonchev–Trinajstić information content (AvgIpc) is 2.39. The topological polar surface area (TPSA) is 42.0 Å². The molecule has 0 unspecified atom stereocenters. The van der Waals surface area contributed by atoms with E-state index in [0.717, 1.165) is 11.3 Å². The molecule has 17 heavy (non-hydrogen) atoms. The third-order valence-corrected chi connectivity index (χ3v) is 2.64. The van der Waals surface area contributed by atoms with E-state index < -0.39 is 0 Å². The van der Waals surface area contributed by atoms with Crippen molar-refractivity contribution < 1.29 is 4.79 Å². The molecular weight excluding hydrogens is 236 g/mol. The Morgan fingerprint density at radius 3 is 2.41 bits per heavy atom. The molecule has 0 aliphatic rings. The van der Waals surface area contributed by atoms with Gasteiger partial charge in [-0.3, -0.25) is 9.78 Å². The minimum Gasteiger partial charge on any atom is -0.355 e. The van der Waals surface area contributed by atoms with E-state index in [-0.39, 0.29) is 5.91 Å². The number of hydrogen-bond acceptors (Lipinski definition) is 2. The minimum absolute atomic E-state index is 0.139. The number of aromatic nitrogens is 1. The van der Waals surface area contributed by atoms with Gasteiger partial charge in [0, 0.05) is 23.8 Å². The number of pyridine rings is 1. The van der Waals surface area contributed by atoms with E-state index in [4.69, 9.17) is 11.6 Å². The second kappa shape index (κ2) is 4.97. The van der Waals surface area contributed by atoms with E-state index in [0.29, 0.717) is 10.6 Å². The van der Waals surface area contributed by atoms with Crippen LogP contribution in [0.15, 0.2) is 42.6 Å². The normalized spacial score (nSPS) is 10.0. The number of nitrogens with one attached hydrogen (secondary N) is 1. The third-order valence-electron chi connectivity index (χ3n) is 2.39. The van der Waals surface area contributed by atoms with Crippen molar-refractivity contribution in [2.24, 2.45) is 0 Å². The van der Waals surface area contributed by atoms with Gasteiger partial charge in [-0.25, -0.2) is 0 Å². The number of hydrogen-bond donors (Lipinski definition) is 1. The van der Waals surface area contributed by atoms with Crippen LogP contribution >= 0.6 is 11.6 Å². The van der Waals surface area contributed by atoms with Crippen molar-refractivity contribution in [2.75, 3.05) is 7.05 Å². The lowest BCUT2D eigenvalue weighted by molar-refractivity contribution is 0.0963. The van der Waals surface area contributed by atoms with E-state index in [1.54, 1.807) is 19.3 Å². The van der Waals surface area contributed by atoms with Crippen molar-refractivity contribution in [1.29, 1.82) is 0 Å². The average molecular weight is 247 g/mol. The van der Waals surface area contributed by atoms with Crippen LogP contribution in [0.2, 0.25) is 5.02 Å². The van der Waals surface area contributed by atoms with Gasteiger partial charge in [-0.2, -0.15) is 0 Å². The summed E-state index contributed by atoms with van der Waals surface area (Å²) in [6.07, 6.45) is 1.56. The fourth-order valence-corrected chi connectivity index (χ4v) is 1.59. The molecule has 0 fully saturated rings. The first-order valence-electron chi connectivity index (χ1n) is 5.15. The SMILES string of the molecule is CNC(=O)c1ccc(-c2ccc(Cl)cc2)nc1. The highest BCUT2D eigenvalue weighted by Crippen LogP contribution is 2.19. The molecule has 2 aromatic rings. The van der Waals surface area contributed by atoms with Crippen LogP contribution in [0, 0.1) is 0 Å². The Morgan fingerprint density at radius 2 is 1.88 bits per heavy atom. The number of nitrogens with zero attached hydrogens (tertiary/aromatic N) is 1. The first kappa shape index (κ1) is 11.6. The van der Waals surface area contributed by atoms with Gasteiger partial charge in [0.15, 0.2) is 0 Å². The maximum atomic E-state index is 11.3. The van der Waals surface area contributed by atoms with Gasteiger partial charge >= 0.3 is 0 Å². The van der Waals surface area contributed by atoms with Crippen molar-refractivity contribution in [3.63, 3.8) is 0 Å². The van der Waals surface area contributed by atoms with Crippen LogP contribution in [0.25, 0.3) is 11.3 Å². The standard InChI is InChI=1S/C13H11ClN2O/c1-15-13(17)10-4-7-12(16-8-10)9-2-5-11(14)6-3-9/h2-8H,1H3,(H,15,17). The predicted molar refractivity (Wildman–Crippen MR) is 68.1 cm³/mol. The quantitative estimate of drug-likeness (QED) is 0.885. The summed E-state index contributed by atoms with van der Waals surface area (Å²) in [7, 11) is 1.59. The molecule has 0 saturated heterocycles. The Balaban J connectivity index is 2.29. The van der Waals surface area contributed by atoms with Crippen LogP contribution in [0.3, 0.4) is 0 Å². The molecule has 1 aromatic carbocycles. The zero-order valence-corrected chi connectivity index (χ0v) is 10.0. The highest BCUT2D eigenvalue weighted by atomic mass is 35.5. The van der Waals surface area contributed by atoms with Crippen LogP contribution in [0.5, 0.6) is 0 Å². The molecule has 4 heteroatoms. The molecular formula is C13H11ClN2O. The summed E-state index contributed by atoms with van der Waals surface area (Å²) in [5.74, 6) is -0.139. The van der Waals surface area contributed by atoms with E-state index >= 15 is 0 Å². The van der Waals surface area contributed by atoms with Crippen LogP contribution in [0.4, 0.5) is 0 Å². The smallest absolute Gasteiger partial charge is 0.252 e. The summed E-state index contributed by atoms with van der Waals surface area (Å²) < 4.78 is 0. The van der Waals surface area contributed by atoms with Crippen LogP contribution < -0.4 is 5.32 Å². The summed E-state index contributed by atoms with van der Waals surface area (Å²) in [6.45, 7) is 0. The fourth-order valence-electron chi connectivity index (χ4n) is 1.46. The molecule has 0 spiro atoms. The number of carbonyl (C=O) groups excluding carboxylic acids is 1. The molecule has 1 aromatic heterocycles. The number of carbonyl (C=O) groups is 1. The van der Waals surface area contributed by atoms with Crippen molar-refractivity contribution in [1.82, 2.24) is 10.3 Å². The molecule has 1 amide bonds. The van der Waals surface area contributed by atoms with Gasteiger partial charge in [0.1, 0.15) is 0 Å². The molecule has 0 saturated carbocycles. The zero-order chi connectivity index (χ0) is 12.3. The monoisotopic (exact) mass is 246 g/mol. The molecule has 0 radical (unpaired) electrons. The fraction of sp³-hybridized carbons (Fsp3) is 0.0769. The summed E-state index contributed by atoms with van der Waals surface area (Å²) in [4.78, 5) is 15.6. The molecule has 1 N–H and O–H groups in total. The lowest BCUT2D eigenvalue weighted by Gasteiger charge is -2.03. The molecule has 2 rings (SSSR count). The summed E-state index contributed by atoms with van der Waals surface area (Å²) in [5, 5.41) is 3.24. The second-order valence-electron chi connectivity index (χ2n) is 3.52. The molecule has 0 aliphatic carbocycles. The Hall–Kier alpha value is -1.87. The van der Waals surface area contributed by atoms with Crippen molar-refractivity contribution in [2.45, 2.75) is 0 Å². The minimum atomic E-state index is -0.139. The summed E-state index contributed by atoms with van der Waals surface area (Å²) >= 11 is 5.81. The van der Waals surface area contributed by atoms with E-state index in [9.17, 15) is 4.79 Å². The van der Waals surface area contributed by atoms with Gasteiger partial charge in [-0.15, -0.1) is 0 Å². The van der Waals surface area contributed by atoms with Gasteiger partial charge in [0.2, 0.25) is 0 Å². The second-order valence-corrected chi connectivity index (χ2v) is 3.95. The van der Waals surface area contributed by atoms with Gasteiger partial charge < -0.3 is 5.32 Å². The first-order valence-corrected chi connectivity index (χ1v) is 5.52. The number of benzene rings is 1. The van der Waals surface area contributed by atoms with E-state index in [2.05, 4.69) is 10.3 Å². The van der Waals surface area contributed by atoms with Gasteiger partial charge in [-0.05, 0) is 24.3 Å². The lowest BCUT2D eigenvalue weighted by Crippen LogP contribution is -2.17. The highest BCUT2D eigenvalue weighted by molar-refractivity contribution is 6.30. The first-order chi connectivity index (χ1) is 8.20. The Labute approximate surface area is 104 Å².